The first-order chi connectivity index (χ1) is 12.0. The first-order valence-electron chi connectivity index (χ1n) is 7.43. The molecule has 2 heterocycles. The van der Waals surface area contributed by atoms with Crippen molar-refractivity contribution < 1.29 is 18.3 Å². The third-order valence-electron chi connectivity index (χ3n) is 3.44. The third-order valence-corrected chi connectivity index (χ3v) is 4.47. The van der Waals surface area contributed by atoms with Gasteiger partial charge in [0, 0.05) is 29.5 Å². The lowest BCUT2D eigenvalue weighted by atomic mass is 10.2. The summed E-state index contributed by atoms with van der Waals surface area (Å²) in [6.45, 7) is -0.945. The van der Waals surface area contributed by atoms with Crippen molar-refractivity contribution in [2.24, 2.45) is 0 Å². The highest BCUT2D eigenvalue weighted by Crippen LogP contribution is 2.30. The Balaban J connectivity index is 1.64. The molecular weight excluding hydrogens is 348 g/mol. The van der Waals surface area contributed by atoms with E-state index < -0.39 is 12.5 Å². The van der Waals surface area contributed by atoms with Gasteiger partial charge in [-0.05, 0) is 30.7 Å². The molecule has 1 N–H and O–H groups in total. The number of imidazole rings is 1. The molecule has 0 fully saturated rings. The number of nitrogens with one attached hydrogen (secondary N) is 1. The number of carbonyl (C=O) groups excluding carboxylic acids is 1. The van der Waals surface area contributed by atoms with Crippen LogP contribution in [0.2, 0.25) is 0 Å². The van der Waals surface area contributed by atoms with Gasteiger partial charge in [-0.2, -0.15) is 8.78 Å². The average molecular weight is 363 g/mol. The summed E-state index contributed by atoms with van der Waals surface area (Å²) in [7, 11) is 0. The molecule has 0 aliphatic carbocycles. The van der Waals surface area contributed by atoms with Gasteiger partial charge in [-0.1, -0.05) is 12.1 Å². The van der Waals surface area contributed by atoms with Crippen LogP contribution in [0.1, 0.15) is 20.1 Å². The molecule has 0 atom stereocenters. The van der Waals surface area contributed by atoms with Crippen molar-refractivity contribution in [3.05, 3.63) is 64.4 Å². The van der Waals surface area contributed by atoms with Crippen LogP contribution in [0, 0.1) is 6.92 Å². The highest BCUT2D eigenvalue weighted by Gasteiger charge is 2.19. The lowest BCUT2D eigenvalue weighted by Gasteiger charge is -2.08. The van der Waals surface area contributed by atoms with Crippen molar-refractivity contribution in [2.75, 3.05) is 0 Å². The molecule has 3 aromatic rings. The molecule has 0 spiro atoms. The van der Waals surface area contributed by atoms with Gasteiger partial charge in [0.1, 0.15) is 10.6 Å². The van der Waals surface area contributed by atoms with Crippen LogP contribution in [0.15, 0.2) is 49.1 Å². The first kappa shape index (κ1) is 17.1. The summed E-state index contributed by atoms with van der Waals surface area (Å²) in [6.07, 6.45) is 5.22. The number of halogens is 2. The summed E-state index contributed by atoms with van der Waals surface area (Å²) in [5.41, 5.74) is 1.84. The first-order valence-corrected chi connectivity index (χ1v) is 8.25. The van der Waals surface area contributed by atoms with Crippen molar-refractivity contribution in [1.82, 2.24) is 14.9 Å². The second-order valence-corrected chi connectivity index (χ2v) is 6.50. The highest BCUT2D eigenvalue weighted by molar-refractivity contribution is 7.14. The average Bonchev–Trinajstić information content (AvgIpc) is 3.22. The highest BCUT2D eigenvalue weighted by atomic mass is 32.1. The zero-order valence-electron chi connectivity index (χ0n) is 13.3. The van der Waals surface area contributed by atoms with E-state index in [0.29, 0.717) is 0 Å². The molecule has 0 aliphatic heterocycles. The van der Waals surface area contributed by atoms with Crippen molar-refractivity contribution >= 4 is 17.2 Å². The number of nitrogens with zero attached hydrogens (tertiary/aromatic N) is 2. The van der Waals surface area contributed by atoms with E-state index in [2.05, 4.69) is 15.0 Å². The minimum absolute atomic E-state index is 0.0922. The van der Waals surface area contributed by atoms with Gasteiger partial charge in [-0.25, -0.2) is 4.98 Å². The Hall–Kier alpha value is -2.74. The topological polar surface area (TPSA) is 56.1 Å². The van der Waals surface area contributed by atoms with Crippen LogP contribution < -0.4 is 10.1 Å². The Bertz CT molecular complexity index is 845. The molecule has 0 unspecified atom stereocenters. The lowest BCUT2D eigenvalue weighted by molar-refractivity contribution is -0.0498. The zero-order chi connectivity index (χ0) is 17.8. The van der Waals surface area contributed by atoms with E-state index in [1.165, 1.54) is 6.07 Å². The SMILES string of the molecule is Cc1cc(OC(F)F)c(C(=O)NCc2ccc(-n3ccnc3)cc2)s1. The fourth-order valence-electron chi connectivity index (χ4n) is 2.29. The maximum absolute atomic E-state index is 12.4. The van der Waals surface area contributed by atoms with Gasteiger partial charge >= 0.3 is 6.61 Å². The van der Waals surface area contributed by atoms with E-state index in [4.69, 9.17) is 0 Å². The van der Waals surface area contributed by atoms with E-state index in [-0.39, 0.29) is 17.2 Å². The fraction of sp³-hybridized carbons (Fsp3) is 0.176. The summed E-state index contributed by atoms with van der Waals surface area (Å²) in [5.74, 6) is -0.530. The number of carbonyl (C=O) groups is 1. The Kier molecular flexibility index (Phi) is 5.08. The molecule has 5 nitrogen and oxygen atoms in total. The molecule has 0 aliphatic rings. The van der Waals surface area contributed by atoms with Crippen LogP contribution in [0.25, 0.3) is 5.69 Å². The molecule has 8 heteroatoms. The van der Waals surface area contributed by atoms with Gasteiger partial charge in [0.2, 0.25) is 0 Å². The van der Waals surface area contributed by atoms with Gasteiger partial charge < -0.3 is 14.6 Å². The van der Waals surface area contributed by atoms with Gasteiger partial charge in [-0.3, -0.25) is 4.79 Å². The smallest absolute Gasteiger partial charge is 0.387 e. The van der Waals surface area contributed by atoms with E-state index in [1.807, 2.05) is 35.0 Å². The maximum Gasteiger partial charge on any atom is 0.387 e. The van der Waals surface area contributed by atoms with Gasteiger partial charge in [0.05, 0.1) is 6.33 Å². The summed E-state index contributed by atoms with van der Waals surface area (Å²) < 4.78 is 31.1. The van der Waals surface area contributed by atoms with E-state index in [1.54, 1.807) is 19.4 Å². The monoisotopic (exact) mass is 363 g/mol. The van der Waals surface area contributed by atoms with Crippen molar-refractivity contribution in [3.63, 3.8) is 0 Å². The van der Waals surface area contributed by atoms with Gasteiger partial charge in [-0.15, -0.1) is 11.3 Å². The van der Waals surface area contributed by atoms with Gasteiger partial charge in [0.25, 0.3) is 5.91 Å². The number of thiophene rings is 1. The van der Waals surface area contributed by atoms with Crippen LogP contribution in [-0.2, 0) is 6.54 Å². The van der Waals surface area contributed by atoms with Crippen LogP contribution in [0.5, 0.6) is 5.75 Å². The normalized spacial score (nSPS) is 10.9. The van der Waals surface area contributed by atoms with E-state index >= 15 is 0 Å². The third kappa shape index (κ3) is 4.21. The summed E-state index contributed by atoms with van der Waals surface area (Å²) >= 11 is 1.12. The number of aryl methyl sites for hydroxylation is 1. The predicted molar refractivity (Wildman–Crippen MR) is 90.4 cm³/mol. The summed E-state index contributed by atoms with van der Waals surface area (Å²) in [5, 5.41) is 2.72. The van der Waals surface area contributed by atoms with Crippen LogP contribution in [0.4, 0.5) is 8.78 Å². The van der Waals surface area contributed by atoms with E-state index in [9.17, 15) is 13.6 Å². The Morgan fingerprint density at radius 1 is 1.36 bits per heavy atom. The number of hydrogen-bond donors (Lipinski definition) is 1. The zero-order valence-corrected chi connectivity index (χ0v) is 14.1. The second-order valence-electron chi connectivity index (χ2n) is 5.25. The number of rotatable bonds is 6. The standard InChI is InChI=1S/C17H15F2N3O2S/c1-11-8-14(24-17(18)19)15(25-11)16(23)21-9-12-2-4-13(5-3-12)22-7-6-20-10-22/h2-8,10,17H,9H2,1H3,(H,21,23). The number of aromatic nitrogens is 2. The number of hydrogen-bond acceptors (Lipinski definition) is 4. The second kappa shape index (κ2) is 7.43. The Labute approximate surface area is 146 Å². The van der Waals surface area contributed by atoms with Crippen molar-refractivity contribution in [1.29, 1.82) is 0 Å². The van der Waals surface area contributed by atoms with Gasteiger partial charge in [0.15, 0.2) is 0 Å². The summed E-state index contributed by atoms with van der Waals surface area (Å²) in [6, 6.07) is 9.01. The number of amides is 1. The number of benzene rings is 1. The minimum atomic E-state index is -2.96. The molecule has 25 heavy (non-hydrogen) atoms. The molecule has 2 aromatic heterocycles. The molecule has 0 saturated carbocycles. The molecule has 1 amide bonds. The summed E-state index contributed by atoms with van der Waals surface area (Å²) in [4.78, 5) is 17.1. The molecule has 0 radical (unpaired) electrons. The van der Waals surface area contributed by atoms with E-state index in [0.717, 1.165) is 27.5 Å². The Morgan fingerprint density at radius 3 is 2.76 bits per heavy atom. The quantitative estimate of drug-likeness (QED) is 0.725. The fourth-order valence-corrected chi connectivity index (χ4v) is 3.15. The minimum Gasteiger partial charge on any atom is -0.433 e. The van der Waals surface area contributed by atoms with Crippen LogP contribution >= 0.6 is 11.3 Å². The molecular formula is C17H15F2N3O2S. The number of ether oxygens (including phenoxy) is 1. The van der Waals surface area contributed by atoms with Crippen molar-refractivity contribution in [3.8, 4) is 11.4 Å². The lowest BCUT2D eigenvalue weighted by Crippen LogP contribution is -2.22. The predicted octanol–water partition coefficient (Wildman–Crippen LogP) is 3.77. The number of alkyl halides is 2. The largest absolute Gasteiger partial charge is 0.433 e. The van der Waals surface area contributed by atoms with Crippen LogP contribution in [0.3, 0.4) is 0 Å². The van der Waals surface area contributed by atoms with Crippen LogP contribution in [-0.4, -0.2) is 22.1 Å². The molecule has 1 aromatic carbocycles. The molecule has 130 valence electrons. The van der Waals surface area contributed by atoms with Crippen molar-refractivity contribution in [2.45, 2.75) is 20.1 Å². The molecule has 0 bridgehead atoms. The maximum atomic E-state index is 12.4. The molecule has 0 saturated heterocycles. The molecule has 3 rings (SSSR count). The Morgan fingerprint density at radius 2 is 2.12 bits per heavy atom.